The molecule has 0 aliphatic carbocycles. The zero-order valence-electron chi connectivity index (χ0n) is 9.02. The lowest BCUT2D eigenvalue weighted by Crippen LogP contribution is -2.38. The number of amides is 1. The molecular weight excluding hydrogens is 218 g/mol. The van der Waals surface area contributed by atoms with E-state index in [-0.39, 0.29) is 12.5 Å². The van der Waals surface area contributed by atoms with Gasteiger partial charge >= 0.3 is 0 Å². The number of hydrogen-bond acceptors (Lipinski definition) is 4. The summed E-state index contributed by atoms with van der Waals surface area (Å²) in [7, 11) is -0.713. The predicted octanol–water partition coefficient (Wildman–Crippen LogP) is -0.846. The minimum absolute atomic E-state index is 0.0731. The maximum atomic E-state index is 11.3. The lowest BCUT2D eigenvalue weighted by molar-refractivity contribution is -0.124. The van der Waals surface area contributed by atoms with Crippen molar-refractivity contribution in [1.82, 2.24) is 9.62 Å². The first-order valence-electron chi connectivity index (χ1n) is 4.37. The Hall–Kier alpha value is -1.13. The standard InChI is InChI=1S/C8H15N3O3S/c1-7(8(12)10-2)6-11(3)15(13,14)5-4-9/h7H,5-6H2,1-3H3,(H,10,12). The minimum atomic E-state index is -3.55. The third-order valence-corrected chi connectivity index (χ3v) is 3.54. The van der Waals surface area contributed by atoms with E-state index in [0.29, 0.717) is 0 Å². The van der Waals surface area contributed by atoms with E-state index in [1.54, 1.807) is 13.0 Å². The molecule has 0 heterocycles. The second-order valence-corrected chi connectivity index (χ2v) is 5.29. The number of nitriles is 1. The van der Waals surface area contributed by atoms with Gasteiger partial charge in [0.25, 0.3) is 0 Å². The molecule has 86 valence electrons. The van der Waals surface area contributed by atoms with Gasteiger partial charge in [-0.25, -0.2) is 12.7 Å². The van der Waals surface area contributed by atoms with Crippen LogP contribution in [-0.2, 0) is 14.8 Å². The monoisotopic (exact) mass is 233 g/mol. The smallest absolute Gasteiger partial charge is 0.227 e. The van der Waals surface area contributed by atoms with Crippen molar-refractivity contribution in [3.63, 3.8) is 0 Å². The number of sulfonamides is 1. The molecule has 0 fully saturated rings. The van der Waals surface area contributed by atoms with Gasteiger partial charge in [0.2, 0.25) is 15.9 Å². The fourth-order valence-corrected chi connectivity index (χ4v) is 1.85. The van der Waals surface area contributed by atoms with Gasteiger partial charge in [0.1, 0.15) is 0 Å². The SMILES string of the molecule is CNC(=O)C(C)CN(C)S(=O)(=O)CC#N. The van der Waals surface area contributed by atoms with Crippen LogP contribution in [0.3, 0.4) is 0 Å². The molecule has 0 aliphatic rings. The normalized spacial score (nSPS) is 13.3. The summed E-state index contributed by atoms with van der Waals surface area (Å²) in [5.41, 5.74) is 0. The average molecular weight is 233 g/mol. The Balaban J connectivity index is 4.45. The van der Waals surface area contributed by atoms with Crippen molar-refractivity contribution in [1.29, 1.82) is 5.26 Å². The summed E-state index contributed by atoms with van der Waals surface area (Å²) in [6.07, 6.45) is 0. The molecule has 0 aromatic carbocycles. The first-order chi connectivity index (χ1) is 6.85. The lowest BCUT2D eigenvalue weighted by Gasteiger charge is -2.18. The van der Waals surface area contributed by atoms with E-state index >= 15 is 0 Å². The van der Waals surface area contributed by atoms with Crippen molar-refractivity contribution < 1.29 is 13.2 Å². The molecule has 7 heteroatoms. The fourth-order valence-electron chi connectivity index (χ4n) is 1.02. The van der Waals surface area contributed by atoms with E-state index in [9.17, 15) is 13.2 Å². The second-order valence-electron chi connectivity index (χ2n) is 3.21. The van der Waals surface area contributed by atoms with Crippen LogP contribution in [0, 0.1) is 17.2 Å². The van der Waals surface area contributed by atoms with Crippen LogP contribution in [0.1, 0.15) is 6.92 Å². The number of nitrogens with zero attached hydrogens (tertiary/aromatic N) is 2. The van der Waals surface area contributed by atoms with Gasteiger partial charge in [0.15, 0.2) is 5.75 Å². The largest absolute Gasteiger partial charge is 0.359 e. The Morgan fingerprint density at radius 2 is 2.13 bits per heavy atom. The Morgan fingerprint density at radius 1 is 1.60 bits per heavy atom. The number of rotatable bonds is 5. The van der Waals surface area contributed by atoms with Crippen molar-refractivity contribution in [3.05, 3.63) is 0 Å². The Kier molecular flexibility index (Phi) is 5.25. The van der Waals surface area contributed by atoms with E-state index in [1.807, 2.05) is 0 Å². The Bertz CT molecular complexity index is 358. The summed E-state index contributed by atoms with van der Waals surface area (Å²) in [5, 5.41) is 10.7. The highest BCUT2D eigenvalue weighted by atomic mass is 32.2. The van der Waals surface area contributed by atoms with Gasteiger partial charge in [0.05, 0.1) is 6.07 Å². The predicted molar refractivity (Wildman–Crippen MR) is 55.3 cm³/mol. The van der Waals surface area contributed by atoms with E-state index < -0.39 is 21.7 Å². The number of carbonyl (C=O) groups is 1. The molecule has 0 rings (SSSR count). The van der Waals surface area contributed by atoms with Crippen LogP contribution < -0.4 is 5.32 Å². The molecule has 15 heavy (non-hydrogen) atoms. The first-order valence-corrected chi connectivity index (χ1v) is 5.98. The van der Waals surface area contributed by atoms with Gasteiger partial charge in [-0.15, -0.1) is 0 Å². The highest BCUT2D eigenvalue weighted by molar-refractivity contribution is 7.89. The van der Waals surface area contributed by atoms with Crippen LogP contribution in [0.15, 0.2) is 0 Å². The van der Waals surface area contributed by atoms with E-state index in [4.69, 9.17) is 5.26 Å². The first kappa shape index (κ1) is 13.9. The molecule has 1 unspecified atom stereocenters. The van der Waals surface area contributed by atoms with Gasteiger partial charge in [-0.05, 0) is 0 Å². The number of hydrogen-bond donors (Lipinski definition) is 1. The summed E-state index contributed by atoms with van der Waals surface area (Å²) < 4.78 is 23.7. The third-order valence-electron chi connectivity index (χ3n) is 1.95. The van der Waals surface area contributed by atoms with Crippen molar-refractivity contribution in [3.8, 4) is 6.07 Å². The molecule has 1 atom stereocenters. The van der Waals surface area contributed by atoms with Gasteiger partial charge in [0, 0.05) is 26.6 Å². The third kappa shape index (κ3) is 4.27. The molecular formula is C8H15N3O3S. The van der Waals surface area contributed by atoms with Gasteiger partial charge < -0.3 is 5.32 Å². The summed E-state index contributed by atoms with van der Waals surface area (Å²) in [4.78, 5) is 11.1. The molecule has 1 N–H and O–H groups in total. The summed E-state index contributed by atoms with van der Waals surface area (Å²) >= 11 is 0. The quantitative estimate of drug-likeness (QED) is 0.670. The molecule has 0 bridgehead atoms. The summed E-state index contributed by atoms with van der Waals surface area (Å²) in [6, 6.07) is 1.58. The van der Waals surface area contributed by atoms with E-state index in [0.717, 1.165) is 4.31 Å². The molecule has 0 aliphatic heterocycles. The summed E-state index contributed by atoms with van der Waals surface area (Å²) in [6.45, 7) is 1.70. The molecule has 6 nitrogen and oxygen atoms in total. The molecule has 0 aromatic heterocycles. The van der Waals surface area contributed by atoms with Crippen LogP contribution in [-0.4, -0.2) is 45.0 Å². The Labute approximate surface area is 89.9 Å². The zero-order valence-corrected chi connectivity index (χ0v) is 9.84. The highest BCUT2D eigenvalue weighted by Gasteiger charge is 2.22. The average Bonchev–Trinajstić information content (AvgIpc) is 2.16. The van der Waals surface area contributed by atoms with Crippen molar-refractivity contribution in [2.24, 2.45) is 5.92 Å². The second kappa shape index (κ2) is 5.68. The fraction of sp³-hybridized carbons (Fsp3) is 0.750. The Morgan fingerprint density at radius 3 is 2.53 bits per heavy atom. The van der Waals surface area contributed by atoms with E-state index in [1.165, 1.54) is 14.1 Å². The molecule has 0 saturated carbocycles. The zero-order chi connectivity index (χ0) is 12.1. The van der Waals surface area contributed by atoms with Gasteiger partial charge in [-0.1, -0.05) is 6.92 Å². The van der Waals surface area contributed by atoms with Crippen LogP contribution in [0.2, 0.25) is 0 Å². The van der Waals surface area contributed by atoms with Crippen LogP contribution >= 0.6 is 0 Å². The van der Waals surface area contributed by atoms with Crippen molar-refractivity contribution >= 4 is 15.9 Å². The number of nitrogens with one attached hydrogen (secondary N) is 1. The highest BCUT2D eigenvalue weighted by Crippen LogP contribution is 2.03. The maximum absolute atomic E-state index is 11.3. The van der Waals surface area contributed by atoms with Crippen molar-refractivity contribution in [2.45, 2.75) is 6.92 Å². The van der Waals surface area contributed by atoms with Gasteiger partial charge in [-0.2, -0.15) is 5.26 Å². The van der Waals surface area contributed by atoms with Crippen LogP contribution in [0.5, 0.6) is 0 Å². The minimum Gasteiger partial charge on any atom is -0.359 e. The molecule has 0 radical (unpaired) electrons. The molecule has 1 amide bonds. The topological polar surface area (TPSA) is 90.3 Å². The van der Waals surface area contributed by atoms with E-state index in [2.05, 4.69) is 5.32 Å². The maximum Gasteiger partial charge on any atom is 0.227 e. The van der Waals surface area contributed by atoms with Gasteiger partial charge in [-0.3, -0.25) is 4.79 Å². The summed E-state index contributed by atoms with van der Waals surface area (Å²) in [5.74, 6) is -1.23. The lowest BCUT2D eigenvalue weighted by atomic mass is 10.2. The molecule has 0 saturated heterocycles. The molecule has 0 aromatic rings. The van der Waals surface area contributed by atoms with Crippen LogP contribution in [0.4, 0.5) is 0 Å². The number of carbonyl (C=O) groups excluding carboxylic acids is 1. The van der Waals surface area contributed by atoms with Crippen LogP contribution in [0.25, 0.3) is 0 Å². The van der Waals surface area contributed by atoms with Crippen molar-refractivity contribution in [2.75, 3.05) is 26.4 Å². The molecule has 0 spiro atoms.